The van der Waals surface area contributed by atoms with Gasteiger partial charge >= 0.3 is 0 Å². The highest BCUT2D eigenvalue weighted by Crippen LogP contribution is 2.26. The average molecular weight is 342 g/mol. The summed E-state index contributed by atoms with van der Waals surface area (Å²) in [7, 11) is -3.56. The maximum Gasteiger partial charge on any atom is 0.245 e. The fraction of sp³-hybridized carbons (Fsp3) is 0.400. The summed E-state index contributed by atoms with van der Waals surface area (Å²) in [5.41, 5.74) is 1.35. The van der Waals surface area contributed by atoms with Gasteiger partial charge < -0.3 is 10.6 Å². The van der Waals surface area contributed by atoms with Crippen LogP contribution in [-0.4, -0.2) is 37.5 Å². The summed E-state index contributed by atoms with van der Waals surface area (Å²) in [4.78, 5) is 0.235. The van der Waals surface area contributed by atoms with E-state index >= 15 is 0 Å². The normalized spacial score (nSPS) is 11.3. The fourth-order valence-corrected chi connectivity index (χ4v) is 3.86. The zero-order valence-corrected chi connectivity index (χ0v) is 14.9. The van der Waals surface area contributed by atoms with Gasteiger partial charge in [-0.1, -0.05) is 26.0 Å². The second kappa shape index (κ2) is 8.26. The van der Waals surface area contributed by atoms with Crippen LogP contribution in [0.15, 0.2) is 35.7 Å². The second-order valence-electron chi connectivity index (χ2n) is 4.71. The van der Waals surface area contributed by atoms with Gasteiger partial charge in [0.1, 0.15) is 4.90 Å². The smallest absolute Gasteiger partial charge is 0.245 e. The molecule has 0 saturated heterocycles. The number of hydrogen-bond donors (Lipinski definition) is 2. The SMILES string of the molecule is C=CCNC(=S)Nc1ccc(C)cc1S(=O)(=O)N(CC)CC. The molecule has 0 aliphatic carbocycles. The van der Waals surface area contributed by atoms with Gasteiger partial charge in [-0.3, -0.25) is 0 Å². The molecule has 22 heavy (non-hydrogen) atoms. The average Bonchev–Trinajstić information content (AvgIpc) is 2.47. The van der Waals surface area contributed by atoms with E-state index < -0.39 is 10.0 Å². The first-order valence-electron chi connectivity index (χ1n) is 7.13. The number of nitrogens with one attached hydrogen (secondary N) is 2. The molecule has 0 fully saturated rings. The van der Waals surface area contributed by atoms with Crippen molar-refractivity contribution in [3.63, 3.8) is 0 Å². The first-order chi connectivity index (χ1) is 10.4. The number of nitrogens with zero attached hydrogens (tertiary/aromatic N) is 1. The first-order valence-corrected chi connectivity index (χ1v) is 8.98. The van der Waals surface area contributed by atoms with E-state index in [1.165, 1.54) is 4.31 Å². The number of rotatable bonds is 7. The Kier molecular flexibility index (Phi) is 6.99. The van der Waals surface area contributed by atoms with Gasteiger partial charge in [0.05, 0.1) is 5.69 Å². The molecule has 0 atom stereocenters. The Morgan fingerprint density at radius 3 is 2.55 bits per heavy atom. The van der Waals surface area contributed by atoms with Gasteiger partial charge in [-0.25, -0.2) is 8.42 Å². The lowest BCUT2D eigenvalue weighted by atomic mass is 10.2. The molecule has 5 nitrogen and oxygen atoms in total. The van der Waals surface area contributed by atoms with Crippen molar-refractivity contribution in [3.8, 4) is 0 Å². The van der Waals surface area contributed by atoms with E-state index in [1.54, 1.807) is 18.2 Å². The standard InChI is InChI=1S/C15H23N3O2S2/c1-5-10-16-15(21)17-13-9-8-12(4)11-14(13)22(19,20)18(6-2)7-3/h5,8-9,11H,1,6-7,10H2,2-4H3,(H2,16,17,21). The monoisotopic (exact) mass is 341 g/mol. The van der Waals surface area contributed by atoms with E-state index in [2.05, 4.69) is 17.2 Å². The molecule has 0 aliphatic heterocycles. The highest BCUT2D eigenvalue weighted by atomic mass is 32.2. The Labute approximate surface area is 138 Å². The van der Waals surface area contributed by atoms with Crippen LogP contribution in [0.3, 0.4) is 0 Å². The molecule has 0 aromatic heterocycles. The van der Waals surface area contributed by atoms with Gasteiger partial charge in [0, 0.05) is 19.6 Å². The molecule has 122 valence electrons. The summed E-state index contributed by atoms with van der Waals surface area (Å²) in [6.07, 6.45) is 1.68. The molecule has 0 heterocycles. The molecular weight excluding hydrogens is 318 g/mol. The number of thiocarbonyl (C=S) groups is 1. The van der Waals surface area contributed by atoms with Gasteiger partial charge in [-0.15, -0.1) is 6.58 Å². The molecule has 0 spiro atoms. The summed E-state index contributed by atoms with van der Waals surface area (Å²) >= 11 is 5.16. The summed E-state index contributed by atoms with van der Waals surface area (Å²) < 4.78 is 27.0. The molecule has 0 bridgehead atoms. The molecule has 1 aromatic carbocycles. The van der Waals surface area contributed by atoms with Crippen LogP contribution < -0.4 is 10.6 Å². The predicted octanol–water partition coefficient (Wildman–Crippen LogP) is 2.50. The van der Waals surface area contributed by atoms with Gasteiger partial charge in [0.25, 0.3) is 0 Å². The fourth-order valence-electron chi connectivity index (χ4n) is 1.98. The topological polar surface area (TPSA) is 61.4 Å². The minimum Gasteiger partial charge on any atom is -0.359 e. The van der Waals surface area contributed by atoms with Crippen LogP contribution in [0.1, 0.15) is 19.4 Å². The molecule has 0 unspecified atom stereocenters. The predicted molar refractivity (Wildman–Crippen MR) is 95.7 cm³/mol. The quantitative estimate of drug-likeness (QED) is 0.589. The van der Waals surface area contributed by atoms with Crippen molar-refractivity contribution in [1.82, 2.24) is 9.62 Å². The molecule has 0 radical (unpaired) electrons. The third kappa shape index (κ3) is 4.53. The summed E-state index contributed by atoms with van der Waals surface area (Å²) in [5.74, 6) is 0. The van der Waals surface area contributed by atoms with Crippen LogP contribution in [0, 0.1) is 6.92 Å². The molecule has 7 heteroatoms. The maximum atomic E-state index is 12.8. The van der Waals surface area contributed by atoms with E-state index in [1.807, 2.05) is 26.8 Å². The van der Waals surface area contributed by atoms with Gasteiger partial charge in [-0.2, -0.15) is 4.31 Å². The molecular formula is C15H23N3O2S2. The van der Waals surface area contributed by atoms with Gasteiger partial charge in [-0.05, 0) is 36.8 Å². The Morgan fingerprint density at radius 2 is 2.00 bits per heavy atom. The Bertz CT molecular complexity index is 638. The summed E-state index contributed by atoms with van der Waals surface area (Å²) in [6, 6.07) is 5.24. The number of sulfonamides is 1. The van der Waals surface area contributed by atoms with Crippen molar-refractivity contribution in [2.75, 3.05) is 25.0 Å². The van der Waals surface area contributed by atoms with Crippen LogP contribution >= 0.6 is 12.2 Å². The Hall–Kier alpha value is -1.44. The lowest BCUT2D eigenvalue weighted by Crippen LogP contribution is -2.33. The molecule has 1 aromatic rings. The van der Waals surface area contributed by atoms with Crippen molar-refractivity contribution < 1.29 is 8.42 Å². The van der Waals surface area contributed by atoms with E-state index in [-0.39, 0.29) is 4.90 Å². The number of hydrogen-bond acceptors (Lipinski definition) is 3. The van der Waals surface area contributed by atoms with E-state index in [4.69, 9.17) is 12.2 Å². The van der Waals surface area contributed by atoms with Crippen molar-refractivity contribution in [3.05, 3.63) is 36.4 Å². The summed E-state index contributed by atoms with van der Waals surface area (Å²) in [6.45, 7) is 10.5. The van der Waals surface area contributed by atoms with Crippen molar-refractivity contribution in [2.45, 2.75) is 25.7 Å². The molecule has 0 aliphatic rings. The van der Waals surface area contributed by atoms with E-state index in [9.17, 15) is 8.42 Å². The van der Waals surface area contributed by atoms with Crippen LogP contribution in [0.4, 0.5) is 5.69 Å². The number of aryl methyl sites for hydroxylation is 1. The zero-order chi connectivity index (χ0) is 16.8. The van der Waals surface area contributed by atoms with E-state index in [0.29, 0.717) is 30.4 Å². The third-order valence-electron chi connectivity index (χ3n) is 3.12. The van der Waals surface area contributed by atoms with Crippen molar-refractivity contribution in [2.24, 2.45) is 0 Å². The molecule has 0 amide bonds. The van der Waals surface area contributed by atoms with Crippen LogP contribution in [0.5, 0.6) is 0 Å². The number of benzene rings is 1. The van der Waals surface area contributed by atoms with Crippen LogP contribution in [-0.2, 0) is 10.0 Å². The highest BCUT2D eigenvalue weighted by molar-refractivity contribution is 7.89. The van der Waals surface area contributed by atoms with Crippen LogP contribution in [0.2, 0.25) is 0 Å². The third-order valence-corrected chi connectivity index (χ3v) is 5.45. The van der Waals surface area contributed by atoms with Crippen LogP contribution in [0.25, 0.3) is 0 Å². The zero-order valence-electron chi connectivity index (χ0n) is 13.2. The largest absolute Gasteiger partial charge is 0.359 e. The minimum absolute atomic E-state index is 0.235. The molecule has 0 saturated carbocycles. The molecule has 1 rings (SSSR count). The van der Waals surface area contributed by atoms with Crippen molar-refractivity contribution >= 4 is 33.0 Å². The van der Waals surface area contributed by atoms with Gasteiger partial charge in [0.2, 0.25) is 10.0 Å². The lowest BCUT2D eigenvalue weighted by Gasteiger charge is -2.21. The highest BCUT2D eigenvalue weighted by Gasteiger charge is 2.25. The lowest BCUT2D eigenvalue weighted by molar-refractivity contribution is 0.445. The van der Waals surface area contributed by atoms with E-state index in [0.717, 1.165) is 5.56 Å². The molecule has 2 N–H and O–H groups in total. The maximum absolute atomic E-state index is 12.8. The minimum atomic E-state index is -3.56. The number of anilines is 1. The van der Waals surface area contributed by atoms with Gasteiger partial charge in [0.15, 0.2) is 5.11 Å². The summed E-state index contributed by atoms with van der Waals surface area (Å²) in [5, 5.41) is 6.23. The second-order valence-corrected chi connectivity index (χ2v) is 7.03. The first kappa shape index (κ1) is 18.6. The Balaban J connectivity index is 3.21. The Morgan fingerprint density at radius 1 is 1.36 bits per heavy atom. The van der Waals surface area contributed by atoms with Crippen molar-refractivity contribution in [1.29, 1.82) is 0 Å².